The number of phenols is 2. The van der Waals surface area contributed by atoms with Gasteiger partial charge in [-0.3, -0.25) is 9.59 Å². The largest absolute Gasteiger partial charge is 0.506 e. The van der Waals surface area contributed by atoms with Crippen LogP contribution >= 0.6 is 23.2 Å². The number of phenolic OH excluding ortho intramolecular Hbond substituents is 2. The fourth-order valence-electron chi connectivity index (χ4n) is 2.87. The highest BCUT2D eigenvalue weighted by molar-refractivity contribution is 6.45. The topological polar surface area (TPSA) is 83.8 Å². The maximum atomic E-state index is 13.0. The van der Waals surface area contributed by atoms with Crippen molar-refractivity contribution in [3.8, 4) is 11.5 Å². The molecule has 0 bridgehead atoms. The highest BCUT2D eigenvalue weighted by Gasteiger charge is 2.40. The van der Waals surface area contributed by atoms with Gasteiger partial charge in [0.15, 0.2) is 11.5 Å². The number of allylic oxidation sites excluding steroid dienone is 2. The van der Waals surface area contributed by atoms with E-state index < -0.39 is 33.7 Å². The van der Waals surface area contributed by atoms with Gasteiger partial charge in [0.25, 0.3) is 0 Å². The zero-order chi connectivity index (χ0) is 19.0. The minimum atomic E-state index is -0.723. The molecule has 0 heterocycles. The number of aromatic hydroxyl groups is 2. The van der Waals surface area contributed by atoms with E-state index in [1.807, 2.05) is 6.07 Å². The molecule has 0 saturated heterocycles. The van der Waals surface area contributed by atoms with Crippen LogP contribution in [0.4, 0.5) is 0 Å². The van der Waals surface area contributed by atoms with Crippen molar-refractivity contribution in [1.82, 2.24) is 0 Å². The molecule has 2 aromatic rings. The van der Waals surface area contributed by atoms with Crippen molar-refractivity contribution in [1.29, 1.82) is 0 Å². The lowest BCUT2D eigenvalue weighted by atomic mass is 9.84. The van der Waals surface area contributed by atoms with E-state index in [1.165, 1.54) is 0 Å². The molecule has 0 amide bonds. The Morgan fingerprint density at radius 1 is 0.923 bits per heavy atom. The zero-order valence-electron chi connectivity index (χ0n) is 13.7. The van der Waals surface area contributed by atoms with Crippen molar-refractivity contribution in [2.75, 3.05) is 6.61 Å². The summed E-state index contributed by atoms with van der Waals surface area (Å²) in [5.74, 6) is -2.82. The van der Waals surface area contributed by atoms with Gasteiger partial charge in [0.2, 0.25) is 5.78 Å². The molecular weight excluding hydrogens is 379 g/mol. The molecule has 7 heteroatoms. The summed E-state index contributed by atoms with van der Waals surface area (Å²) in [7, 11) is 0. The van der Waals surface area contributed by atoms with Crippen LogP contribution in [-0.4, -0.2) is 28.4 Å². The second-order valence-electron chi connectivity index (χ2n) is 5.64. The van der Waals surface area contributed by atoms with E-state index in [0.717, 1.165) is 5.56 Å². The Bertz CT molecular complexity index is 948. The highest BCUT2D eigenvalue weighted by Crippen LogP contribution is 2.47. The first-order chi connectivity index (χ1) is 12.4. The number of hydrogen-bond acceptors (Lipinski definition) is 5. The molecule has 0 saturated carbocycles. The molecule has 0 fully saturated rings. The van der Waals surface area contributed by atoms with Crippen LogP contribution in [0.5, 0.6) is 11.5 Å². The number of fused-ring (bicyclic) bond motifs is 1. The molecule has 1 aliphatic carbocycles. The standard InChI is InChI=1S/C19H14Cl2O5/c1-2-26-19-10(8-9-6-4-3-5-7-9)15(22)11-12(18(19)25)17(24)14(21)13(20)16(11)23/h3-7,23-24H,2,8H2,1H3. The average molecular weight is 393 g/mol. The normalized spacial score (nSPS) is 13.8. The monoisotopic (exact) mass is 392 g/mol. The van der Waals surface area contributed by atoms with Gasteiger partial charge in [0.05, 0.1) is 23.3 Å². The summed E-state index contributed by atoms with van der Waals surface area (Å²) < 4.78 is 5.41. The average Bonchev–Trinajstić information content (AvgIpc) is 2.64. The molecule has 26 heavy (non-hydrogen) atoms. The van der Waals surface area contributed by atoms with E-state index in [2.05, 4.69) is 0 Å². The van der Waals surface area contributed by atoms with E-state index in [0.29, 0.717) is 0 Å². The Balaban J connectivity index is 2.24. The van der Waals surface area contributed by atoms with Crippen LogP contribution in [0.1, 0.15) is 33.2 Å². The number of halogens is 2. The highest BCUT2D eigenvalue weighted by atomic mass is 35.5. The van der Waals surface area contributed by atoms with Crippen LogP contribution in [0.3, 0.4) is 0 Å². The molecule has 0 aromatic heterocycles. The first-order valence-corrected chi connectivity index (χ1v) is 8.56. The van der Waals surface area contributed by atoms with Crippen molar-refractivity contribution < 1.29 is 24.5 Å². The molecule has 0 atom stereocenters. The lowest BCUT2D eigenvalue weighted by molar-refractivity contribution is 0.0873. The Morgan fingerprint density at radius 3 is 2.00 bits per heavy atom. The Morgan fingerprint density at radius 2 is 1.46 bits per heavy atom. The molecule has 2 N–H and O–H groups in total. The SMILES string of the molecule is CCOC1=C(Cc2ccccc2)C(=O)c2c(O)c(Cl)c(Cl)c(O)c2C1=O. The molecule has 3 rings (SSSR count). The molecule has 0 aliphatic heterocycles. The number of ether oxygens (including phenoxy) is 1. The predicted molar refractivity (Wildman–Crippen MR) is 97.3 cm³/mol. The van der Waals surface area contributed by atoms with Gasteiger partial charge in [-0.05, 0) is 12.5 Å². The minimum absolute atomic E-state index is 0.0867. The molecule has 0 radical (unpaired) electrons. The van der Waals surface area contributed by atoms with E-state index in [4.69, 9.17) is 27.9 Å². The molecule has 5 nitrogen and oxygen atoms in total. The van der Waals surface area contributed by atoms with Gasteiger partial charge in [-0.2, -0.15) is 0 Å². The number of Topliss-reactive ketones (excluding diaryl/α,β-unsaturated/α-hetero) is 2. The summed E-state index contributed by atoms with van der Waals surface area (Å²) >= 11 is 11.7. The quantitative estimate of drug-likeness (QED) is 0.756. The molecule has 1 aliphatic rings. The van der Waals surface area contributed by atoms with Crippen molar-refractivity contribution in [3.63, 3.8) is 0 Å². The zero-order valence-corrected chi connectivity index (χ0v) is 15.2. The van der Waals surface area contributed by atoms with Gasteiger partial charge >= 0.3 is 0 Å². The maximum Gasteiger partial charge on any atom is 0.232 e. The summed E-state index contributed by atoms with van der Waals surface area (Å²) in [6.45, 7) is 1.82. The third-order valence-electron chi connectivity index (χ3n) is 4.05. The molecule has 134 valence electrons. The van der Waals surface area contributed by atoms with Crippen LogP contribution in [-0.2, 0) is 11.2 Å². The Hall–Kier alpha value is -2.50. The van der Waals surface area contributed by atoms with E-state index in [9.17, 15) is 19.8 Å². The molecule has 0 spiro atoms. The summed E-state index contributed by atoms with van der Waals surface area (Å²) in [5.41, 5.74) is 0.107. The van der Waals surface area contributed by atoms with Crippen LogP contribution in [0.25, 0.3) is 0 Å². The lowest BCUT2D eigenvalue weighted by Gasteiger charge is -2.23. The van der Waals surface area contributed by atoms with E-state index in [1.54, 1.807) is 31.2 Å². The van der Waals surface area contributed by atoms with Gasteiger partial charge in [0, 0.05) is 6.42 Å². The van der Waals surface area contributed by atoms with Gasteiger partial charge in [-0.25, -0.2) is 0 Å². The summed E-state index contributed by atoms with van der Waals surface area (Å²) in [6.07, 6.45) is 0.126. The van der Waals surface area contributed by atoms with Gasteiger partial charge < -0.3 is 14.9 Å². The van der Waals surface area contributed by atoms with Gasteiger partial charge in [-0.1, -0.05) is 53.5 Å². The Labute approximate surface area is 159 Å². The first kappa shape index (κ1) is 18.3. The maximum absolute atomic E-state index is 13.0. The smallest absolute Gasteiger partial charge is 0.232 e. The van der Waals surface area contributed by atoms with Crippen molar-refractivity contribution in [2.24, 2.45) is 0 Å². The van der Waals surface area contributed by atoms with E-state index in [-0.39, 0.29) is 34.9 Å². The lowest BCUT2D eigenvalue weighted by Crippen LogP contribution is -2.25. The third-order valence-corrected chi connectivity index (χ3v) is 4.89. The molecule has 2 aromatic carbocycles. The number of carbonyl (C=O) groups excluding carboxylic acids is 2. The van der Waals surface area contributed by atoms with E-state index >= 15 is 0 Å². The van der Waals surface area contributed by atoms with Crippen molar-refractivity contribution in [3.05, 3.63) is 68.4 Å². The Kier molecular flexibility index (Phi) is 4.94. The van der Waals surface area contributed by atoms with Crippen molar-refractivity contribution in [2.45, 2.75) is 13.3 Å². The fourth-order valence-corrected chi connectivity index (χ4v) is 3.24. The van der Waals surface area contributed by atoms with Crippen molar-refractivity contribution >= 4 is 34.8 Å². The summed E-state index contributed by atoms with van der Waals surface area (Å²) in [4.78, 5) is 25.9. The summed E-state index contributed by atoms with van der Waals surface area (Å²) in [5, 5.41) is 19.7. The first-order valence-electron chi connectivity index (χ1n) is 7.80. The van der Waals surface area contributed by atoms with Gasteiger partial charge in [0.1, 0.15) is 21.5 Å². The van der Waals surface area contributed by atoms with Gasteiger partial charge in [-0.15, -0.1) is 0 Å². The third kappa shape index (κ3) is 2.83. The predicted octanol–water partition coefficient (Wildman–Crippen LogP) is 4.32. The number of carbonyl (C=O) groups is 2. The number of rotatable bonds is 4. The second kappa shape index (κ2) is 7.02. The van der Waals surface area contributed by atoms with Crippen LogP contribution < -0.4 is 0 Å². The molecular formula is C19H14Cl2O5. The number of hydrogen-bond donors (Lipinski definition) is 2. The van der Waals surface area contributed by atoms with Crippen LogP contribution in [0, 0.1) is 0 Å². The molecule has 0 unspecified atom stereocenters. The second-order valence-corrected chi connectivity index (χ2v) is 6.39. The number of benzene rings is 2. The fraction of sp³-hybridized carbons (Fsp3) is 0.158. The summed E-state index contributed by atoms with van der Waals surface area (Å²) in [6, 6.07) is 9.04. The van der Waals surface area contributed by atoms with Crippen LogP contribution in [0.15, 0.2) is 41.7 Å². The number of ketones is 2. The van der Waals surface area contributed by atoms with Crippen LogP contribution in [0.2, 0.25) is 10.0 Å². The minimum Gasteiger partial charge on any atom is -0.506 e.